The highest BCUT2D eigenvalue weighted by Crippen LogP contribution is 2.24. The van der Waals surface area contributed by atoms with Crippen LogP contribution in [0, 0.1) is 5.92 Å². The maximum absolute atomic E-state index is 12.9. The van der Waals surface area contributed by atoms with E-state index in [-0.39, 0.29) is 28.6 Å². The SMILES string of the molecule is O=C(C(=CC1C=CC=C1)C(=O)c1ccccc1O)c1ccccc1. The van der Waals surface area contributed by atoms with Gasteiger partial charge in [-0.2, -0.15) is 0 Å². The minimum Gasteiger partial charge on any atom is -0.507 e. The molecule has 0 unspecified atom stereocenters. The quantitative estimate of drug-likeness (QED) is 0.390. The van der Waals surface area contributed by atoms with Gasteiger partial charge in [-0.1, -0.05) is 72.8 Å². The first-order chi connectivity index (χ1) is 11.7. The predicted molar refractivity (Wildman–Crippen MR) is 93.1 cm³/mol. The average Bonchev–Trinajstić information content (AvgIpc) is 3.13. The minimum absolute atomic E-state index is 0.0592. The van der Waals surface area contributed by atoms with Crippen molar-refractivity contribution in [2.24, 2.45) is 5.92 Å². The molecule has 0 heterocycles. The second kappa shape index (κ2) is 6.92. The number of para-hydroxylation sites is 1. The van der Waals surface area contributed by atoms with E-state index in [4.69, 9.17) is 0 Å². The third-order valence-corrected chi connectivity index (χ3v) is 3.81. The highest BCUT2D eigenvalue weighted by Gasteiger charge is 2.24. The maximum Gasteiger partial charge on any atom is 0.200 e. The Bertz CT molecular complexity index is 846. The van der Waals surface area contributed by atoms with E-state index in [1.54, 1.807) is 42.5 Å². The zero-order valence-corrected chi connectivity index (χ0v) is 12.9. The molecule has 0 aliphatic heterocycles. The highest BCUT2D eigenvalue weighted by atomic mass is 16.3. The van der Waals surface area contributed by atoms with Crippen molar-refractivity contribution in [2.45, 2.75) is 0 Å². The molecule has 0 saturated carbocycles. The van der Waals surface area contributed by atoms with Crippen LogP contribution < -0.4 is 0 Å². The number of hydrogen-bond donors (Lipinski definition) is 1. The van der Waals surface area contributed by atoms with Crippen molar-refractivity contribution >= 4 is 11.6 Å². The molecular formula is C21H16O3. The van der Waals surface area contributed by atoms with Crippen molar-refractivity contribution < 1.29 is 14.7 Å². The smallest absolute Gasteiger partial charge is 0.200 e. The van der Waals surface area contributed by atoms with Crippen molar-refractivity contribution in [3.63, 3.8) is 0 Å². The Morgan fingerprint density at radius 2 is 1.46 bits per heavy atom. The number of carbonyl (C=O) groups excluding carboxylic acids is 2. The van der Waals surface area contributed by atoms with Gasteiger partial charge in [0.15, 0.2) is 11.6 Å². The summed E-state index contributed by atoms with van der Waals surface area (Å²) in [5.74, 6) is -1.07. The lowest BCUT2D eigenvalue weighted by Gasteiger charge is -2.09. The first-order valence-electron chi connectivity index (χ1n) is 7.66. The molecule has 0 spiro atoms. The summed E-state index contributed by atoms with van der Waals surface area (Å²) in [5.41, 5.74) is 0.626. The monoisotopic (exact) mass is 316 g/mol. The molecule has 1 N–H and O–H groups in total. The van der Waals surface area contributed by atoms with Gasteiger partial charge in [-0.15, -0.1) is 0 Å². The third kappa shape index (κ3) is 3.25. The molecule has 1 aliphatic carbocycles. The highest BCUT2D eigenvalue weighted by molar-refractivity contribution is 6.31. The zero-order chi connectivity index (χ0) is 16.9. The summed E-state index contributed by atoms with van der Waals surface area (Å²) in [6, 6.07) is 14.9. The number of aromatic hydroxyl groups is 1. The van der Waals surface area contributed by atoms with E-state index >= 15 is 0 Å². The van der Waals surface area contributed by atoms with Crippen LogP contribution in [-0.4, -0.2) is 16.7 Å². The average molecular weight is 316 g/mol. The van der Waals surface area contributed by atoms with Crippen molar-refractivity contribution in [3.8, 4) is 5.75 Å². The van der Waals surface area contributed by atoms with Crippen LogP contribution >= 0.6 is 0 Å². The Kier molecular flexibility index (Phi) is 4.52. The summed E-state index contributed by atoms with van der Waals surface area (Å²) in [6.07, 6.45) is 9.18. The lowest BCUT2D eigenvalue weighted by Crippen LogP contribution is -2.15. The molecular weight excluding hydrogens is 300 g/mol. The molecule has 3 rings (SSSR count). The number of Topliss-reactive ketones (excluding diaryl/α,β-unsaturated/α-hetero) is 2. The van der Waals surface area contributed by atoms with E-state index in [9.17, 15) is 14.7 Å². The largest absolute Gasteiger partial charge is 0.507 e. The van der Waals surface area contributed by atoms with E-state index in [2.05, 4.69) is 0 Å². The number of ketones is 2. The number of rotatable bonds is 5. The Morgan fingerprint density at radius 3 is 2.12 bits per heavy atom. The van der Waals surface area contributed by atoms with Crippen LogP contribution in [0.4, 0.5) is 0 Å². The molecule has 0 bridgehead atoms. The molecule has 2 aromatic rings. The molecule has 3 heteroatoms. The van der Waals surface area contributed by atoms with Crippen LogP contribution in [0.15, 0.2) is 90.6 Å². The topological polar surface area (TPSA) is 54.4 Å². The van der Waals surface area contributed by atoms with E-state index in [1.807, 2.05) is 30.4 Å². The van der Waals surface area contributed by atoms with Crippen LogP contribution in [0.2, 0.25) is 0 Å². The molecule has 24 heavy (non-hydrogen) atoms. The molecule has 118 valence electrons. The van der Waals surface area contributed by atoms with Gasteiger partial charge in [-0.25, -0.2) is 0 Å². The van der Waals surface area contributed by atoms with Gasteiger partial charge in [0.05, 0.1) is 11.1 Å². The summed E-state index contributed by atoms with van der Waals surface area (Å²) >= 11 is 0. The third-order valence-electron chi connectivity index (χ3n) is 3.81. The molecule has 3 nitrogen and oxygen atoms in total. The van der Waals surface area contributed by atoms with Crippen molar-refractivity contribution in [1.82, 2.24) is 0 Å². The van der Waals surface area contributed by atoms with Crippen LogP contribution in [-0.2, 0) is 0 Å². The van der Waals surface area contributed by atoms with Gasteiger partial charge in [0, 0.05) is 11.5 Å². The summed E-state index contributed by atoms with van der Waals surface area (Å²) < 4.78 is 0. The fourth-order valence-corrected chi connectivity index (χ4v) is 2.56. The second-order valence-corrected chi connectivity index (χ2v) is 5.47. The van der Waals surface area contributed by atoms with Crippen LogP contribution in [0.3, 0.4) is 0 Å². The Hall–Kier alpha value is -3.20. The van der Waals surface area contributed by atoms with Gasteiger partial charge < -0.3 is 5.11 Å². The Morgan fingerprint density at radius 1 is 0.833 bits per heavy atom. The molecule has 0 aromatic heterocycles. The normalized spacial score (nSPS) is 14.1. The van der Waals surface area contributed by atoms with Gasteiger partial charge >= 0.3 is 0 Å². The standard InChI is InChI=1S/C21H16O3/c22-19-13-7-6-12-17(19)21(24)18(14-15-8-4-5-9-15)20(23)16-10-2-1-3-11-16/h1-15,22H. The van der Waals surface area contributed by atoms with Gasteiger partial charge in [0.25, 0.3) is 0 Å². The second-order valence-electron chi connectivity index (χ2n) is 5.47. The van der Waals surface area contributed by atoms with E-state index < -0.39 is 5.78 Å². The number of allylic oxidation sites excluding steroid dienone is 6. The summed E-state index contributed by atoms with van der Waals surface area (Å²) in [5, 5.41) is 9.96. The van der Waals surface area contributed by atoms with Gasteiger partial charge in [-0.3, -0.25) is 9.59 Å². The summed E-state index contributed by atoms with van der Waals surface area (Å²) in [6.45, 7) is 0. The molecule has 0 fully saturated rings. The molecule has 0 radical (unpaired) electrons. The fraction of sp³-hybridized carbons (Fsp3) is 0.0476. The minimum atomic E-state index is -0.476. The predicted octanol–water partition coefficient (Wildman–Crippen LogP) is 4.13. The molecule has 0 amide bonds. The number of hydrogen-bond acceptors (Lipinski definition) is 3. The zero-order valence-electron chi connectivity index (χ0n) is 12.9. The number of benzene rings is 2. The van der Waals surface area contributed by atoms with E-state index in [0.717, 1.165) is 0 Å². The van der Waals surface area contributed by atoms with E-state index in [1.165, 1.54) is 12.1 Å². The van der Waals surface area contributed by atoms with Crippen LogP contribution in [0.25, 0.3) is 0 Å². The van der Waals surface area contributed by atoms with Gasteiger partial charge in [0.2, 0.25) is 0 Å². The molecule has 0 saturated heterocycles. The maximum atomic E-state index is 12.9. The van der Waals surface area contributed by atoms with Crippen molar-refractivity contribution in [2.75, 3.05) is 0 Å². The lowest BCUT2D eigenvalue weighted by molar-refractivity contribution is 0.0960. The molecule has 0 atom stereocenters. The van der Waals surface area contributed by atoms with Crippen molar-refractivity contribution in [1.29, 1.82) is 0 Å². The number of phenols is 1. The van der Waals surface area contributed by atoms with Gasteiger partial charge in [0.1, 0.15) is 5.75 Å². The number of carbonyl (C=O) groups is 2. The fourth-order valence-electron chi connectivity index (χ4n) is 2.56. The van der Waals surface area contributed by atoms with Crippen LogP contribution in [0.5, 0.6) is 5.75 Å². The van der Waals surface area contributed by atoms with Crippen molar-refractivity contribution in [3.05, 3.63) is 102 Å². The first kappa shape index (κ1) is 15.7. The lowest BCUT2D eigenvalue weighted by atomic mass is 9.92. The number of phenolic OH excluding ortho intramolecular Hbond substituents is 1. The Labute approximate surface area is 140 Å². The molecule has 2 aromatic carbocycles. The molecule has 1 aliphatic rings. The van der Waals surface area contributed by atoms with Gasteiger partial charge in [-0.05, 0) is 12.1 Å². The summed E-state index contributed by atoms with van der Waals surface area (Å²) in [4.78, 5) is 25.7. The Balaban J connectivity index is 2.04. The van der Waals surface area contributed by atoms with E-state index in [0.29, 0.717) is 5.56 Å². The summed E-state index contributed by atoms with van der Waals surface area (Å²) in [7, 11) is 0. The van der Waals surface area contributed by atoms with Crippen LogP contribution in [0.1, 0.15) is 20.7 Å². The first-order valence-corrected chi connectivity index (χ1v) is 7.66.